The maximum atomic E-state index is 13.1. The quantitative estimate of drug-likeness (QED) is 0.595. The van der Waals surface area contributed by atoms with Crippen LogP contribution in [0, 0.1) is 12.8 Å². The summed E-state index contributed by atoms with van der Waals surface area (Å²) < 4.78 is 16.1. The van der Waals surface area contributed by atoms with E-state index in [1.807, 2.05) is 36.1 Å². The smallest absolute Gasteiger partial charge is 0.254 e. The molecule has 0 spiro atoms. The van der Waals surface area contributed by atoms with E-state index < -0.39 is 0 Å². The molecule has 7 nitrogen and oxygen atoms in total. The van der Waals surface area contributed by atoms with E-state index in [9.17, 15) is 4.79 Å². The van der Waals surface area contributed by atoms with E-state index in [1.165, 1.54) is 0 Å². The van der Waals surface area contributed by atoms with Crippen molar-refractivity contribution in [1.29, 1.82) is 0 Å². The average molecular weight is 421 g/mol. The van der Waals surface area contributed by atoms with Crippen LogP contribution in [0.1, 0.15) is 34.7 Å². The molecule has 2 aromatic carbocycles. The molecule has 3 aromatic rings. The zero-order valence-electron chi connectivity index (χ0n) is 18.1. The number of nitrogens with zero attached hydrogens (tertiary/aromatic N) is 3. The minimum atomic E-state index is -0.0203. The van der Waals surface area contributed by atoms with Crippen molar-refractivity contribution < 1.29 is 18.8 Å². The number of ether oxygens (including phenoxy) is 2. The SMILES string of the molecule is COc1cc(OC)cc(C(=O)N2CCCC(Cc3nc(-c4ccccc4C)no3)C2)c1. The lowest BCUT2D eigenvalue weighted by atomic mass is 9.94. The van der Waals surface area contributed by atoms with Crippen molar-refractivity contribution in [3.63, 3.8) is 0 Å². The van der Waals surface area contributed by atoms with Crippen LogP contribution in [0.25, 0.3) is 11.4 Å². The average Bonchev–Trinajstić information content (AvgIpc) is 3.26. The zero-order chi connectivity index (χ0) is 21.8. The predicted octanol–water partition coefficient (Wildman–Crippen LogP) is 4.16. The predicted molar refractivity (Wildman–Crippen MR) is 116 cm³/mol. The number of likely N-dealkylation sites (tertiary alicyclic amines) is 1. The maximum Gasteiger partial charge on any atom is 0.254 e. The van der Waals surface area contributed by atoms with Crippen LogP contribution >= 0.6 is 0 Å². The van der Waals surface area contributed by atoms with Gasteiger partial charge in [-0.1, -0.05) is 29.4 Å². The molecule has 31 heavy (non-hydrogen) atoms. The number of aryl methyl sites for hydroxylation is 1. The van der Waals surface area contributed by atoms with Crippen LogP contribution in [0.15, 0.2) is 47.0 Å². The Kier molecular flexibility index (Phi) is 6.21. The maximum absolute atomic E-state index is 13.1. The molecule has 1 amide bonds. The molecule has 1 aromatic heterocycles. The third kappa shape index (κ3) is 4.71. The summed E-state index contributed by atoms with van der Waals surface area (Å²) in [5.41, 5.74) is 2.65. The highest BCUT2D eigenvalue weighted by atomic mass is 16.5. The third-order valence-electron chi connectivity index (χ3n) is 5.72. The summed E-state index contributed by atoms with van der Waals surface area (Å²) in [5, 5.41) is 4.16. The Hall–Kier alpha value is -3.35. The molecule has 0 bridgehead atoms. The van der Waals surface area contributed by atoms with Crippen LogP contribution in [-0.2, 0) is 6.42 Å². The van der Waals surface area contributed by atoms with Gasteiger partial charge in [0.2, 0.25) is 11.7 Å². The highest BCUT2D eigenvalue weighted by molar-refractivity contribution is 5.95. The Bertz CT molecular complexity index is 1040. The van der Waals surface area contributed by atoms with E-state index in [-0.39, 0.29) is 11.8 Å². The van der Waals surface area contributed by atoms with Crippen LogP contribution in [0.2, 0.25) is 0 Å². The molecular weight excluding hydrogens is 394 g/mol. The fourth-order valence-electron chi connectivity index (χ4n) is 4.05. The molecule has 7 heteroatoms. The van der Waals surface area contributed by atoms with Crippen LogP contribution in [0.5, 0.6) is 11.5 Å². The summed E-state index contributed by atoms with van der Waals surface area (Å²) >= 11 is 0. The molecule has 4 rings (SSSR count). The first-order chi connectivity index (χ1) is 15.1. The van der Waals surface area contributed by atoms with Crippen molar-refractivity contribution in [2.75, 3.05) is 27.3 Å². The number of aromatic nitrogens is 2. The lowest BCUT2D eigenvalue weighted by Gasteiger charge is -2.32. The molecular formula is C24H27N3O4. The summed E-state index contributed by atoms with van der Waals surface area (Å²) in [4.78, 5) is 19.6. The van der Waals surface area contributed by atoms with E-state index in [0.29, 0.717) is 41.7 Å². The Labute approximate surface area is 182 Å². The van der Waals surface area contributed by atoms with Crippen molar-refractivity contribution in [2.24, 2.45) is 5.92 Å². The van der Waals surface area contributed by atoms with Gasteiger partial charge >= 0.3 is 0 Å². The summed E-state index contributed by atoms with van der Waals surface area (Å²) in [6, 6.07) is 13.2. The van der Waals surface area contributed by atoms with Gasteiger partial charge in [0.25, 0.3) is 5.91 Å². The van der Waals surface area contributed by atoms with E-state index >= 15 is 0 Å². The van der Waals surface area contributed by atoms with Gasteiger partial charge in [-0.25, -0.2) is 0 Å². The second kappa shape index (κ2) is 9.20. The van der Waals surface area contributed by atoms with Crippen LogP contribution < -0.4 is 9.47 Å². The van der Waals surface area contributed by atoms with Crippen molar-refractivity contribution in [3.8, 4) is 22.9 Å². The highest BCUT2D eigenvalue weighted by Crippen LogP contribution is 2.27. The van der Waals surface area contributed by atoms with Crippen LogP contribution in [0.3, 0.4) is 0 Å². The largest absolute Gasteiger partial charge is 0.497 e. The molecule has 0 saturated carbocycles. The number of hydrogen-bond acceptors (Lipinski definition) is 6. The summed E-state index contributed by atoms with van der Waals surface area (Å²) in [5.74, 6) is 2.68. The third-order valence-corrected chi connectivity index (χ3v) is 5.72. The fraction of sp³-hybridized carbons (Fsp3) is 0.375. The van der Waals surface area contributed by atoms with E-state index in [0.717, 1.165) is 30.5 Å². The molecule has 2 heterocycles. The van der Waals surface area contributed by atoms with Gasteiger partial charge in [0.15, 0.2) is 0 Å². The monoisotopic (exact) mass is 421 g/mol. The van der Waals surface area contributed by atoms with E-state index in [4.69, 9.17) is 14.0 Å². The second-order valence-corrected chi connectivity index (χ2v) is 7.89. The number of hydrogen-bond donors (Lipinski definition) is 0. The van der Waals surface area contributed by atoms with Gasteiger partial charge < -0.3 is 18.9 Å². The summed E-state index contributed by atoms with van der Waals surface area (Å²) in [7, 11) is 3.16. The second-order valence-electron chi connectivity index (χ2n) is 7.89. The van der Waals surface area contributed by atoms with Crippen molar-refractivity contribution in [2.45, 2.75) is 26.2 Å². The minimum absolute atomic E-state index is 0.0203. The number of rotatable bonds is 6. The molecule has 1 unspecified atom stereocenters. The van der Waals surface area contributed by atoms with Gasteiger partial charge in [0.05, 0.1) is 14.2 Å². The molecule has 162 valence electrons. The van der Waals surface area contributed by atoms with Gasteiger partial charge in [0.1, 0.15) is 11.5 Å². The van der Waals surface area contributed by atoms with E-state index in [1.54, 1.807) is 32.4 Å². The first kappa shape index (κ1) is 20.9. The lowest BCUT2D eigenvalue weighted by Crippen LogP contribution is -2.40. The standard InChI is InChI=1S/C24H27N3O4/c1-16-7-4-5-9-21(16)23-25-22(31-26-23)11-17-8-6-10-27(15-17)24(28)18-12-19(29-2)14-20(13-18)30-3/h4-5,7,9,12-14,17H,6,8,10-11,15H2,1-3H3. The molecule has 0 N–H and O–H groups in total. The Morgan fingerprint density at radius 1 is 1.16 bits per heavy atom. The molecule has 0 aliphatic carbocycles. The molecule has 1 aliphatic heterocycles. The van der Waals surface area contributed by atoms with Crippen molar-refractivity contribution in [1.82, 2.24) is 15.0 Å². The number of piperidine rings is 1. The minimum Gasteiger partial charge on any atom is -0.497 e. The Balaban J connectivity index is 1.45. The van der Waals surface area contributed by atoms with Crippen molar-refractivity contribution >= 4 is 5.91 Å². The van der Waals surface area contributed by atoms with Gasteiger partial charge in [-0.2, -0.15) is 4.98 Å². The number of carbonyl (C=O) groups is 1. The molecule has 1 fully saturated rings. The number of carbonyl (C=O) groups excluding carboxylic acids is 1. The Morgan fingerprint density at radius 2 is 1.90 bits per heavy atom. The molecule has 0 radical (unpaired) electrons. The summed E-state index contributed by atoms with van der Waals surface area (Å²) in [6.07, 6.45) is 2.62. The normalized spacial score (nSPS) is 16.2. The molecule has 1 aliphatic rings. The lowest BCUT2D eigenvalue weighted by molar-refractivity contribution is 0.0667. The number of amides is 1. The van der Waals surface area contributed by atoms with Crippen molar-refractivity contribution in [3.05, 3.63) is 59.5 Å². The van der Waals surface area contributed by atoms with Gasteiger partial charge in [-0.05, 0) is 43.4 Å². The van der Waals surface area contributed by atoms with Crippen LogP contribution in [0.4, 0.5) is 0 Å². The first-order valence-corrected chi connectivity index (χ1v) is 10.5. The van der Waals surface area contributed by atoms with Gasteiger partial charge in [-0.15, -0.1) is 0 Å². The summed E-state index contributed by atoms with van der Waals surface area (Å²) in [6.45, 7) is 3.41. The molecule has 1 atom stereocenters. The zero-order valence-corrected chi connectivity index (χ0v) is 18.1. The van der Waals surface area contributed by atoms with Gasteiger partial charge in [-0.3, -0.25) is 4.79 Å². The number of benzene rings is 2. The fourth-order valence-corrected chi connectivity index (χ4v) is 4.05. The van der Waals surface area contributed by atoms with Gasteiger partial charge in [0, 0.05) is 36.7 Å². The Morgan fingerprint density at radius 3 is 2.61 bits per heavy atom. The first-order valence-electron chi connectivity index (χ1n) is 10.5. The molecule has 1 saturated heterocycles. The highest BCUT2D eigenvalue weighted by Gasteiger charge is 2.27. The van der Waals surface area contributed by atoms with E-state index in [2.05, 4.69) is 10.1 Å². The topological polar surface area (TPSA) is 77.7 Å². The van der Waals surface area contributed by atoms with Crippen LogP contribution in [-0.4, -0.2) is 48.3 Å². The number of methoxy groups -OCH3 is 2.